The van der Waals surface area contributed by atoms with Crippen molar-refractivity contribution in [2.75, 3.05) is 4.90 Å². The Morgan fingerprint density at radius 1 is 0.386 bits per heavy atom. The average Bonchev–Trinajstić information content (AvgIpc) is 3.48. The highest BCUT2D eigenvalue weighted by molar-refractivity contribution is 6.20. The molecule has 0 aliphatic carbocycles. The molecule has 2 heteroatoms. The molecule has 206 valence electrons. The standard InChI is InChI=1S/C42H27NO/c1-2-10-33(11-3-1)43(39-15-8-14-37-36-13-6-7-16-40(36)44-42(37)39)34-25-23-28(24-26-34)32-22-19-30-18-21-31-20-17-29-9-4-5-12-35(29)41(31)38(30)27-32/h1-27H. The highest BCUT2D eigenvalue weighted by Crippen LogP contribution is 2.42. The summed E-state index contributed by atoms with van der Waals surface area (Å²) in [6.45, 7) is 0. The van der Waals surface area contributed by atoms with Crippen LogP contribution in [0, 0.1) is 0 Å². The monoisotopic (exact) mass is 561 g/mol. The molecule has 0 atom stereocenters. The molecule has 8 aromatic carbocycles. The number of furan rings is 1. The highest BCUT2D eigenvalue weighted by atomic mass is 16.3. The summed E-state index contributed by atoms with van der Waals surface area (Å²) in [5.41, 5.74) is 7.34. The second kappa shape index (κ2) is 9.86. The van der Waals surface area contributed by atoms with Crippen LogP contribution in [0.25, 0.3) is 65.4 Å². The zero-order valence-corrected chi connectivity index (χ0v) is 23.9. The maximum atomic E-state index is 6.47. The largest absolute Gasteiger partial charge is 0.454 e. The van der Waals surface area contributed by atoms with E-state index >= 15 is 0 Å². The van der Waals surface area contributed by atoms with Crippen LogP contribution in [0.3, 0.4) is 0 Å². The SMILES string of the molecule is c1ccc(N(c2ccc(-c3ccc4ccc5ccc6ccccc6c5c4c3)cc2)c2cccc3c2oc2ccccc23)cc1. The van der Waals surface area contributed by atoms with Gasteiger partial charge in [-0.3, -0.25) is 0 Å². The number of hydrogen-bond acceptors (Lipinski definition) is 2. The van der Waals surface area contributed by atoms with Crippen molar-refractivity contribution in [3.05, 3.63) is 164 Å². The van der Waals surface area contributed by atoms with E-state index in [-0.39, 0.29) is 0 Å². The van der Waals surface area contributed by atoms with E-state index in [9.17, 15) is 0 Å². The van der Waals surface area contributed by atoms with Gasteiger partial charge >= 0.3 is 0 Å². The Balaban J connectivity index is 1.19. The summed E-state index contributed by atoms with van der Waals surface area (Å²) in [7, 11) is 0. The molecular formula is C42H27NO. The minimum absolute atomic E-state index is 0.885. The van der Waals surface area contributed by atoms with Gasteiger partial charge in [0.1, 0.15) is 5.58 Å². The van der Waals surface area contributed by atoms with Crippen LogP contribution >= 0.6 is 0 Å². The fourth-order valence-corrected chi connectivity index (χ4v) is 6.72. The second-order valence-electron chi connectivity index (χ2n) is 11.4. The van der Waals surface area contributed by atoms with Crippen LogP contribution < -0.4 is 4.90 Å². The topological polar surface area (TPSA) is 16.4 Å². The number of nitrogens with zero attached hydrogens (tertiary/aromatic N) is 1. The Bertz CT molecular complexity index is 2480. The van der Waals surface area contributed by atoms with E-state index < -0.39 is 0 Å². The Kier molecular flexibility index (Phi) is 5.54. The lowest BCUT2D eigenvalue weighted by Crippen LogP contribution is -2.10. The molecule has 0 spiro atoms. The summed E-state index contributed by atoms with van der Waals surface area (Å²) in [4.78, 5) is 2.29. The van der Waals surface area contributed by atoms with Gasteiger partial charge in [-0.15, -0.1) is 0 Å². The number of fused-ring (bicyclic) bond motifs is 8. The van der Waals surface area contributed by atoms with Crippen LogP contribution in [0.5, 0.6) is 0 Å². The maximum absolute atomic E-state index is 6.47. The Morgan fingerprint density at radius 2 is 1.00 bits per heavy atom. The summed E-state index contributed by atoms with van der Waals surface area (Å²) >= 11 is 0. The van der Waals surface area contributed by atoms with E-state index in [4.69, 9.17) is 4.42 Å². The quantitative estimate of drug-likeness (QED) is 0.199. The molecule has 0 saturated heterocycles. The number of para-hydroxylation sites is 3. The fourth-order valence-electron chi connectivity index (χ4n) is 6.72. The highest BCUT2D eigenvalue weighted by Gasteiger charge is 2.19. The van der Waals surface area contributed by atoms with E-state index in [1.54, 1.807) is 0 Å². The predicted octanol–water partition coefficient (Wildman–Crippen LogP) is 12.2. The molecule has 0 unspecified atom stereocenters. The van der Waals surface area contributed by atoms with E-state index in [1.807, 2.05) is 12.1 Å². The van der Waals surface area contributed by atoms with E-state index in [0.717, 1.165) is 39.0 Å². The van der Waals surface area contributed by atoms with Gasteiger partial charge in [0, 0.05) is 22.1 Å². The van der Waals surface area contributed by atoms with Crippen molar-refractivity contribution in [1.29, 1.82) is 0 Å². The lowest BCUT2D eigenvalue weighted by molar-refractivity contribution is 0.669. The lowest BCUT2D eigenvalue weighted by Gasteiger charge is -2.25. The minimum Gasteiger partial charge on any atom is -0.454 e. The third-order valence-electron chi connectivity index (χ3n) is 8.82. The van der Waals surface area contributed by atoms with Crippen molar-refractivity contribution in [2.45, 2.75) is 0 Å². The summed E-state index contributed by atoms with van der Waals surface area (Å²) < 4.78 is 6.47. The molecule has 0 saturated carbocycles. The number of benzene rings is 8. The first-order valence-electron chi connectivity index (χ1n) is 15.0. The van der Waals surface area contributed by atoms with E-state index in [1.165, 1.54) is 43.4 Å². The van der Waals surface area contributed by atoms with Gasteiger partial charge in [0.2, 0.25) is 0 Å². The first-order chi connectivity index (χ1) is 21.8. The molecule has 1 aromatic heterocycles. The molecule has 0 radical (unpaired) electrons. The maximum Gasteiger partial charge on any atom is 0.159 e. The predicted molar refractivity (Wildman–Crippen MR) is 186 cm³/mol. The number of anilines is 3. The average molecular weight is 562 g/mol. The number of hydrogen-bond donors (Lipinski definition) is 0. The third-order valence-corrected chi connectivity index (χ3v) is 8.82. The van der Waals surface area contributed by atoms with Gasteiger partial charge in [0.25, 0.3) is 0 Å². The molecule has 2 nitrogen and oxygen atoms in total. The van der Waals surface area contributed by atoms with Crippen LogP contribution in [0.1, 0.15) is 0 Å². The van der Waals surface area contributed by atoms with Gasteiger partial charge in [-0.25, -0.2) is 0 Å². The summed E-state index contributed by atoms with van der Waals surface area (Å²) in [6, 6.07) is 58.5. The van der Waals surface area contributed by atoms with Crippen molar-refractivity contribution >= 4 is 71.3 Å². The Hall–Kier alpha value is -5.86. The van der Waals surface area contributed by atoms with Gasteiger partial charge in [-0.05, 0) is 85.9 Å². The van der Waals surface area contributed by atoms with Crippen LogP contribution in [0.15, 0.2) is 168 Å². The van der Waals surface area contributed by atoms with Crippen molar-refractivity contribution in [2.24, 2.45) is 0 Å². The van der Waals surface area contributed by atoms with E-state index in [0.29, 0.717) is 0 Å². The first kappa shape index (κ1) is 24.7. The molecule has 1 heterocycles. The number of rotatable bonds is 4. The molecular weight excluding hydrogens is 534 g/mol. The Labute approximate surface area is 255 Å². The molecule has 9 aromatic rings. The van der Waals surface area contributed by atoms with Crippen LogP contribution in [-0.4, -0.2) is 0 Å². The second-order valence-corrected chi connectivity index (χ2v) is 11.4. The molecule has 0 amide bonds. The van der Waals surface area contributed by atoms with Gasteiger partial charge in [0.05, 0.1) is 5.69 Å². The van der Waals surface area contributed by atoms with Gasteiger partial charge in [-0.1, -0.05) is 121 Å². The Morgan fingerprint density at radius 3 is 1.84 bits per heavy atom. The van der Waals surface area contributed by atoms with Crippen LogP contribution in [0.2, 0.25) is 0 Å². The van der Waals surface area contributed by atoms with E-state index in [2.05, 4.69) is 157 Å². The molecule has 0 aliphatic rings. The summed E-state index contributed by atoms with van der Waals surface area (Å²) in [6.07, 6.45) is 0. The third kappa shape index (κ3) is 3.89. The minimum atomic E-state index is 0.885. The van der Waals surface area contributed by atoms with Crippen LogP contribution in [0.4, 0.5) is 17.1 Å². The van der Waals surface area contributed by atoms with Crippen molar-refractivity contribution in [3.8, 4) is 11.1 Å². The smallest absolute Gasteiger partial charge is 0.159 e. The summed E-state index contributed by atoms with van der Waals surface area (Å²) in [5, 5.41) is 9.92. The zero-order valence-electron chi connectivity index (χ0n) is 23.9. The van der Waals surface area contributed by atoms with Gasteiger partial charge < -0.3 is 9.32 Å². The molecule has 0 aliphatic heterocycles. The van der Waals surface area contributed by atoms with Gasteiger partial charge in [-0.2, -0.15) is 0 Å². The van der Waals surface area contributed by atoms with Crippen molar-refractivity contribution in [3.63, 3.8) is 0 Å². The first-order valence-corrected chi connectivity index (χ1v) is 15.0. The molecule has 9 rings (SSSR count). The van der Waals surface area contributed by atoms with Crippen molar-refractivity contribution < 1.29 is 4.42 Å². The fraction of sp³-hybridized carbons (Fsp3) is 0. The normalized spacial score (nSPS) is 11.6. The molecule has 0 bridgehead atoms. The lowest BCUT2D eigenvalue weighted by atomic mass is 9.94. The van der Waals surface area contributed by atoms with Crippen molar-refractivity contribution in [1.82, 2.24) is 0 Å². The van der Waals surface area contributed by atoms with Gasteiger partial charge in [0.15, 0.2) is 5.58 Å². The zero-order chi connectivity index (χ0) is 29.0. The van der Waals surface area contributed by atoms with Crippen LogP contribution in [-0.2, 0) is 0 Å². The molecule has 0 N–H and O–H groups in total. The molecule has 0 fully saturated rings. The summed E-state index contributed by atoms with van der Waals surface area (Å²) in [5.74, 6) is 0. The molecule has 44 heavy (non-hydrogen) atoms.